The minimum absolute atomic E-state index is 0.132. The van der Waals surface area contributed by atoms with Crippen LogP contribution in [0.15, 0.2) is 24.3 Å². The van der Waals surface area contributed by atoms with Crippen LogP contribution in [0.2, 0.25) is 0 Å². The van der Waals surface area contributed by atoms with E-state index in [0.29, 0.717) is 37.6 Å². The first-order chi connectivity index (χ1) is 13.0. The topological polar surface area (TPSA) is 72.4 Å². The number of ether oxygens (including phenoxy) is 1. The first kappa shape index (κ1) is 18.6. The van der Waals surface area contributed by atoms with Crippen molar-refractivity contribution in [2.45, 2.75) is 43.9 Å². The number of sulfone groups is 1. The second-order valence-electron chi connectivity index (χ2n) is 7.44. The summed E-state index contributed by atoms with van der Waals surface area (Å²) >= 11 is 0. The normalized spacial score (nSPS) is 24.6. The third-order valence-corrected chi connectivity index (χ3v) is 8.23. The van der Waals surface area contributed by atoms with Gasteiger partial charge in [0.25, 0.3) is 0 Å². The minimum Gasteiger partial charge on any atom is -0.377 e. The van der Waals surface area contributed by atoms with Crippen LogP contribution < -0.4 is 4.90 Å². The SMILES string of the molecule is CCS(=O)(=O)C1(c2cc(N3CCOC[C@@H]3C)nc(C3=CC[CH]C=C3)n2)CC1. The van der Waals surface area contributed by atoms with Crippen molar-refractivity contribution in [3.05, 3.63) is 42.2 Å². The fourth-order valence-corrected chi connectivity index (χ4v) is 5.51. The van der Waals surface area contributed by atoms with Crippen LogP contribution in [0.1, 0.15) is 44.6 Å². The van der Waals surface area contributed by atoms with Gasteiger partial charge in [-0.25, -0.2) is 18.4 Å². The van der Waals surface area contributed by atoms with Crippen LogP contribution >= 0.6 is 0 Å². The molecule has 2 fully saturated rings. The van der Waals surface area contributed by atoms with Gasteiger partial charge in [0.15, 0.2) is 15.7 Å². The van der Waals surface area contributed by atoms with Crippen LogP contribution in [0.3, 0.4) is 0 Å². The summed E-state index contributed by atoms with van der Waals surface area (Å²) in [5, 5.41) is 0. The van der Waals surface area contributed by atoms with Gasteiger partial charge < -0.3 is 9.64 Å². The predicted octanol–water partition coefficient (Wildman–Crippen LogP) is 2.67. The van der Waals surface area contributed by atoms with Crippen LogP contribution in [-0.4, -0.2) is 49.9 Å². The van der Waals surface area contributed by atoms with Crippen molar-refractivity contribution in [1.82, 2.24) is 9.97 Å². The first-order valence-corrected chi connectivity index (χ1v) is 11.3. The van der Waals surface area contributed by atoms with Gasteiger partial charge in [-0.05, 0) is 32.6 Å². The van der Waals surface area contributed by atoms with Crippen molar-refractivity contribution in [3.63, 3.8) is 0 Å². The molecule has 1 radical (unpaired) electrons. The van der Waals surface area contributed by atoms with Crippen LogP contribution in [0, 0.1) is 6.42 Å². The monoisotopic (exact) mass is 388 g/mol. The first-order valence-electron chi connectivity index (χ1n) is 9.63. The Bertz CT molecular complexity index is 888. The summed E-state index contributed by atoms with van der Waals surface area (Å²) in [6, 6.07) is 2.08. The maximum absolute atomic E-state index is 12.8. The zero-order valence-electron chi connectivity index (χ0n) is 15.9. The van der Waals surface area contributed by atoms with Gasteiger partial charge in [-0.15, -0.1) is 0 Å². The summed E-state index contributed by atoms with van der Waals surface area (Å²) in [5.74, 6) is 1.54. The summed E-state index contributed by atoms with van der Waals surface area (Å²) < 4.78 is 30.3. The van der Waals surface area contributed by atoms with E-state index in [1.54, 1.807) is 6.92 Å². The van der Waals surface area contributed by atoms with E-state index in [1.165, 1.54) is 0 Å². The number of nitrogens with zero attached hydrogens (tertiary/aromatic N) is 3. The Kier molecular flexibility index (Phi) is 4.84. The third-order valence-electron chi connectivity index (χ3n) is 5.66. The van der Waals surface area contributed by atoms with Crippen molar-refractivity contribution < 1.29 is 13.2 Å². The highest BCUT2D eigenvalue weighted by molar-refractivity contribution is 7.92. The zero-order valence-corrected chi connectivity index (χ0v) is 16.7. The van der Waals surface area contributed by atoms with Crippen LogP contribution in [0.5, 0.6) is 0 Å². The predicted molar refractivity (Wildman–Crippen MR) is 106 cm³/mol. The second kappa shape index (κ2) is 7.02. The lowest BCUT2D eigenvalue weighted by Gasteiger charge is -2.35. The molecule has 2 aliphatic carbocycles. The summed E-state index contributed by atoms with van der Waals surface area (Å²) in [5.41, 5.74) is 1.60. The maximum atomic E-state index is 12.8. The molecule has 7 heteroatoms. The Morgan fingerprint density at radius 2 is 2.15 bits per heavy atom. The lowest BCUT2D eigenvalue weighted by atomic mass is 10.1. The van der Waals surface area contributed by atoms with Crippen molar-refractivity contribution in [2.75, 3.05) is 30.4 Å². The molecule has 6 nitrogen and oxygen atoms in total. The molecule has 2 heterocycles. The third kappa shape index (κ3) is 3.31. The Hall–Kier alpha value is -1.73. The quantitative estimate of drug-likeness (QED) is 0.772. The van der Waals surface area contributed by atoms with Crippen LogP contribution in [-0.2, 0) is 19.3 Å². The van der Waals surface area contributed by atoms with Gasteiger partial charge in [-0.3, -0.25) is 0 Å². The van der Waals surface area contributed by atoms with Gasteiger partial charge in [0.2, 0.25) is 0 Å². The number of rotatable bonds is 5. The van der Waals surface area contributed by atoms with Crippen molar-refractivity contribution in [2.24, 2.45) is 0 Å². The Morgan fingerprint density at radius 1 is 1.33 bits per heavy atom. The van der Waals surface area contributed by atoms with Gasteiger partial charge >= 0.3 is 0 Å². The molecule has 3 aliphatic rings. The van der Waals surface area contributed by atoms with E-state index in [0.717, 1.165) is 24.4 Å². The highest BCUT2D eigenvalue weighted by Gasteiger charge is 2.56. The van der Waals surface area contributed by atoms with Crippen LogP contribution in [0.4, 0.5) is 5.82 Å². The van der Waals surface area contributed by atoms with Crippen LogP contribution in [0.25, 0.3) is 5.57 Å². The fourth-order valence-electron chi connectivity index (χ4n) is 3.81. The van der Waals surface area contributed by atoms with E-state index in [-0.39, 0.29) is 11.8 Å². The molecular formula is C20H26N3O3S. The molecule has 0 N–H and O–H groups in total. The number of morpholine rings is 1. The Balaban J connectivity index is 1.83. The smallest absolute Gasteiger partial charge is 0.161 e. The van der Waals surface area contributed by atoms with E-state index in [4.69, 9.17) is 14.7 Å². The fraction of sp³-hybridized carbons (Fsp3) is 0.550. The molecule has 1 saturated carbocycles. The van der Waals surface area contributed by atoms with Gasteiger partial charge in [0, 0.05) is 23.9 Å². The highest BCUT2D eigenvalue weighted by atomic mass is 32.2. The molecule has 0 spiro atoms. The largest absolute Gasteiger partial charge is 0.377 e. The number of hydrogen-bond acceptors (Lipinski definition) is 6. The number of allylic oxidation sites excluding steroid dienone is 4. The molecular weight excluding hydrogens is 362 g/mol. The Morgan fingerprint density at radius 3 is 2.78 bits per heavy atom. The minimum atomic E-state index is -3.23. The van der Waals surface area contributed by atoms with Crippen molar-refractivity contribution >= 4 is 21.2 Å². The second-order valence-corrected chi connectivity index (χ2v) is 10.0. The molecule has 0 amide bonds. The van der Waals surface area contributed by atoms with Crippen molar-refractivity contribution in [1.29, 1.82) is 0 Å². The van der Waals surface area contributed by atoms with Gasteiger partial charge in [0.05, 0.1) is 24.9 Å². The van der Waals surface area contributed by atoms with Gasteiger partial charge in [-0.1, -0.05) is 25.2 Å². The van der Waals surface area contributed by atoms with E-state index < -0.39 is 14.6 Å². The van der Waals surface area contributed by atoms with E-state index >= 15 is 0 Å². The molecule has 0 aromatic carbocycles. The molecule has 0 unspecified atom stereocenters. The molecule has 1 aromatic rings. The number of aromatic nitrogens is 2. The number of hydrogen-bond donors (Lipinski definition) is 0. The molecule has 4 rings (SSSR count). The molecule has 1 aliphatic heterocycles. The zero-order chi connectivity index (χ0) is 19.1. The van der Waals surface area contributed by atoms with Crippen molar-refractivity contribution in [3.8, 4) is 0 Å². The summed E-state index contributed by atoms with van der Waals surface area (Å²) in [4.78, 5) is 11.8. The molecule has 0 bridgehead atoms. The van der Waals surface area contributed by atoms with Gasteiger partial charge in [-0.2, -0.15) is 0 Å². The summed E-state index contributed by atoms with van der Waals surface area (Å²) in [7, 11) is -3.23. The molecule has 145 valence electrons. The highest BCUT2D eigenvalue weighted by Crippen LogP contribution is 2.53. The molecule has 1 atom stereocenters. The van der Waals surface area contributed by atoms with E-state index in [2.05, 4.69) is 24.3 Å². The standard InChI is InChI=1S/C20H26N3O3S/c1-3-27(24,25)20(9-10-20)17-13-18(23-11-12-26-14-15(23)2)22-19(21-17)16-7-5-4-6-8-16/h4-5,7-8,13,15H,3,6,9-12,14H2,1-2H3/t15-/m0/s1. The summed E-state index contributed by atoms with van der Waals surface area (Å²) in [6.07, 6.45) is 10.3. The van der Waals surface area contributed by atoms with E-state index in [9.17, 15) is 8.42 Å². The lowest BCUT2D eigenvalue weighted by molar-refractivity contribution is 0.0985. The lowest BCUT2D eigenvalue weighted by Crippen LogP contribution is -2.44. The average Bonchev–Trinajstić information content (AvgIpc) is 3.51. The number of anilines is 1. The molecule has 27 heavy (non-hydrogen) atoms. The average molecular weight is 389 g/mol. The van der Waals surface area contributed by atoms with E-state index in [1.807, 2.05) is 18.2 Å². The summed E-state index contributed by atoms with van der Waals surface area (Å²) in [6.45, 7) is 5.85. The van der Waals surface area contributed by atoms with Gasteiger partial charge in [0.1, 0.15) is 10.6 Å². The molecule has 1 aromatic heterocycles. The molecule has 1 saturated heterocycles. The maximum Gasteiger partial charge on any atom is 0.161 e. The Labute approximate surface area is 161 Å².